The lowest BCUT2D eigenvalue weighted by Crippen LogP contribution is -2.43. The van der Waals surface area contributed by atoms with Gasteiger partial charge in [-0.05, 0) is 18.8 Å². The molecule has 0 aromatic carbocycles. The molecule has 5 nitrogen and oxygen atoms in total. The van der Waals surface area contributed by atoms with Gasteiger partial charge in [-0.15, -0.1) is 11.6 Å². The maximum Gasteiger partial charge on any atom is 0.323 e. The Bertz CT molecular complexity index is 267. The number of hydrogen-bond donors (Lipinski definition) is 1. The molecule has 1 rings (SSSR count). The normalized spacial score (nSPS) is 16.6. The van der Waals surface area contributed by atoms with Crippen molar-refractivity contribution in [1.29, 1.82) is 0 Å². The van der Waals surface area contributed by atoms with Crippen LogP contribution in [0.2, 0.25) is 0 Å². The summed E-state index contributed by atoms with van der Waals surface area (Å²) in [6, 6.07) is -0.355. The minimum atomic E-state index is -0.355. The van der Waals surface area contributed by atoms with Crippen molar-refractivity contribution in [3.63, 3.8) is 0 Å². The molecular weight excluding hydrogens is 244 g/mol. The predicted molar refractivity (Wildman–Crippen MR) is 65.0 cm³/mol. The SMILES string of the molecule is CN(CC1CCOCC1)C(=O)NC(=O)CCCl. The Hall–Kier alpha value is -0.810. The maximum atomic E-state index is 11.6. The van der Waals surface area contributed by atoms with Gasteiger partial charge in [0.25, 0.3) is 0 Å². The van der Waals surface area contributed by atoms with Crippen LogP contribution in [0.1, 0.15) is 19.3 Å². The van der Waals surface area contributed by atoms with Gasteiger partial charge < -0.3 is 9.64 Å². The molecule has 0 aromatic heterocycles. The first-order valence-electron chi connectivity index (χ1n) is 5.82. The molecule has 1 N–H and O–H groups in total. The number of rotatable bonds is 4. The van der Waals surface area contributed by atoms with Crippen molar-refractivity contribution in [2.24, 2.45) is 5.92 Å². The predicted octanol–water partition coefficient (Wildman–Crippen LogP) is 1.21. The molecule has 0 atom stereocenters. The van der Waals surface area contributed by atoms with Crippen molar-refractivity contribution in [3.05, 3.63) is 0 Å². The third-order valence-electron chi connectivity index (χ3n) is 2.79. The number of urea groups is 1. The van der Waals surface area contributed by atoms with E-state index in [-0.39, 0.29) is 24.2 Å². The first-order valence-corrected chi connectivity index (χ1v) is 6.35. The van der Waals surface area contributed by atoms with Crippen molar-refractivity contribution in [3.8, 4) is 0 Å². The molecule has 0 saturated carbocycles. The highest BCUT2D eigenvalue weighted by atomic mass is 35.5. The number of carbonyl (C=O) groups is 2. The fourth-order valence-electron chi connectivity index (χ4n) is 1.76. The van der Waals surface area contributed by atoms with Crippen molar-refractivity contribution >= 4 is 23.5 Å². The summed E-state index contributed by atoms with van der Waals surface area (Å²) in [6.45, 7) is 2.17. The number of imide groups is 1. The molecule has 0 bridgehead atoms. The zero-order valence-electron chi connectivity index (χ0n) is 10.1. The zero-order chi connectivity index (χ0) is 12.7. The van der Waals surface area contributed by atoms with Crippen LogP contribution in [0.3, 0.4) is 0 Å². The molecule has 1 aliphatic rings. The first-order chi connectivity index (χ1) is 8.13. The van der Waals surface area contributed by atoms with E-state index in [1.807, 2.05) is 0 Å². The molecule has 1 heterocycles. The highest BCUT2D eigenvalue weighted by Crippen LogP contribution is 2.15. The summed E-state index contributed by atoms with van der Waals surface area (Å²) in [7, 11) is 1.69. The van der Waals surface area contributed by atoms with Crippen molar-refractivity contribution in [2.45, 2.75) is 19.3 Å². The van der Waals surface area contributed by atoms with Crippen LogP contribution in [-0.2, 0) is 9.53 Å². The van der Waals surface area contributed by atoms with Gasteiger partial charge >= 0.3 is 6.03 Å². The largest absolute Gasteiger partial charge is 0.381 e. The Labute approximate surface area is 106 Å². The standard InChI is InChI=1S/C11H19ClN2O3/c1-14(8-9-3-6-17-7-4-9)11(16)13-10(15)2-5-12/h9H,2-8H2,1H3,(H,13,15,16). The fraction of sp³-hybridized carbons (Fsp3) is 0.818. The summed E-state index contributed by atoms with van der Waals surface area (Å²) in [5, 5.41) is 2.30. The molecule has 98 valence electrons. The van der Waals surface area contributed by atoms with E-state index in [2.05, 4.69) is 5.32 Å². The van der Waals surface area contributed by atoms with E-state index in [0.717, 1.165) is 26.1 Å². The Morgan fingerprint density at radius 3 is 2.65 bits per heavy atom. The maximum absolute atomic E-state index is 11.6. The van der Waals surface area contributed by atoms with Gasteiger partial charge in [0.1, 0.15) is 0 Å². The third kappa shape index (κ3) is 5.37. The van der Waals surface area contributed by atoms with E-state index in [1.165, 1.54) is 0 Å². The molecule has 6 heteroatoms. The second-order valence-corrected chi connectivity index (χ2v) is 4.61. The van der Waals surface area contributed by atoms with Crippen LogP contribution in [0.15, 0.2) is 0 Å². The molecule has 1 saturated heterocycles. The zero-order valence-corrected chi connectivity index (χ0v) is 10.8. The van der Waals surface area contributed by atoms with E-state index in [1.54, 1.807) is 11.9 Å². The number of alkyl halides is 1. The minimum Gasteiger partial charge on any atom is -0.381 e. The molecule has 0 radical (unpaired) electrons. The lowest BCUT2D eigenvalue weighted by atomic mass is 10.0. The van der Waals surface area contributed by atoms with Crippen LogP contribution >= 0.6 is 11.6 Å². The first kappa shape index (κ1) is 14.3. The quantitative estimate of drug-likeness (QED) is 0.775. The number of halogens is 1. The van der Waals surface area contributed by atoms with E-state index in [9.17, 15) is 9.59 Å². The van der Waals surface area contributed by atoms with E-state index < -0.39 is 0 Å². The van der Waals surface area contributed by atoms with Crippen LogP contribution in [-0.4, -0.2) is 49.5 Å². The van der Waals surface area contributed by atoms with E-state index >= 15 is 0 Å². The van der Waals surface area contributed by atoms with Gasteiger partial charge in [0.2, 0.25) is 5.91 Å². The summed E-state index contributed by atoms with van der Waals surface area (Å²) < 4.78 is 5.25. The van der Waals surface area contributed by atoms with Crippen LogP contribution < -0.4 is 5.32 Å². The Morgan fingerprint density at radius 1 is 1.41 bits per heavy atom. The molecule has 1 aliphatic heterocycles. The minimum absolute atomic E-state index is 0.165. The van der Waals surface area contributed by atoms with Gasteiger partial charge in [-0.2, -0.15) is 0 Å². The average Bonchev–Trinajstić information content (AvgIpc) is 2.30. The highest BCUT2D eigenvalue weighted by molar-refractivity contribution is 6.19. The van der Waals surface area contributed by atoms with Gasteiger partial charge in [0.15, 0.2) is 0 Å². The van der Waals surface area contributed by atoms with Crippen LogP contribution in [0.25, 0.3) is 0 Å². The second-order valence-electron chi connectivity index (χ2n) is 4.23. The van der Waals surface area contributed by atoms with Crippen LogP contribution in [0.4, 0.5) is 4.79 Å². The highest BCUT2D eigenvalue weighted by Gasteiger charge is 2.19. The summed E-state index contributed by atoms with van der Waals surface area (Å²) >= 11 is 5.42. The Balaban J connectivity index is 2.28. The molecule has 0 aromatic rings. The second kappa shape index (κ2) is 7.50. The van der Waals surface area contributed by atoms with E-state index in [4.69, 9.17) is 16.3 Å². The monoisotopic (exact) mass is 262 g/mol. The number of hydrogen-bond acceptors (Lipinski definition) is 3. The van der Waals surface area contributed by atoms with E-state index in [0.29, 0.717) is 12.5 Å². The summed E-state index contributed by atoms with van der Waals surface area (Å²) in [5.74, 6) is 0.356. The smallest absolute Gasteiger partial charge is 0.323 e. The van der Waals surface area contributed by atoms with Gasteiger partial charge in [-0.25, -0.2) is 4.79 Å². The Morgan fingerprint density at radius 2 is 2.06 bits per heavy atom. The van der Waals surface area contributed by atoms with Crippen LogP contribution in [0.5, 0.6) is 0 Å². The molecule has 0 unspecified atom stereocenters. The van der Waals surface area contributed by atoms with Crippen LogP contribution in [0, 0.1) is 5.92 Å². The topological polar surface area (TPSA) is 58.6 Å². The average molecular weight is 263 g/mol. The molecule has 0 aliphatic carbocycles. The fourth-order valence-corrected chi connectivity index (χ4v) is 1.93. The van der Waals surface area contributed by atoms with Crippen molar-refractivity contribution in [2.75, 3.05) is 32.7 Å². The number of ether oxygens (including phenoxy) is 1. The summed E-state index contributed by atoms with van der Waals surface area (Å²) in [6.07, 6.45) is 2.10. The summed E-state index contributed by atoms with van der Waals surface area (Å²) in [4.78, 5) is 24.4. The lowest BCUT2D eigenvalue weighted by molar-refractivity contribution is -0.119. The number of nitrogens with zero attached hydrogens (tertiary/aromatic N) is 1. The van der Waals surface area contributed by atoms with Gasteiger partial charge in [0, 0.05) is 39.1 Å². The molecule has 1 fully saturated rings. The number of amides is 3. The van der Waals surface area contributed by atoms with Gasteiger partial charge in [-0.1, -0.05) is 0 Å². The molecule has 0 spiro atoms. The van der Waals surface area contributed by atoms with Gasteiger partial charge in [0.05, 0.1) is 0 Å². The number of nitrogens with one attached hydrogen (secondary N) is 1. The van der Waals surface area contributed by atoms with Gasteiger partial charge in [-0.3, -0.25) is 10.1 Å². The third-order valence-corrected chi connectivity index (χ3v) is 2.98. The molecule has 3 amide bonds. The number of carbonyl (C=O) groups excluding carboxylic acids is 2. The molecule has 17 heavy (non-hydrogen) atoms. The Kier molecular flexibility index (Phi) is 6.29. The molecular formula is C11H19ClN2O3. The van der Waals surface area contributed by atoms with Crippen molar-refractivity contribution < 1.29 is 14.3 Å². The summed E-state index contributed by atoms with van der Waals surface area (Å²) in [5.41, 5.74) is 0. The lowest BCUT2D eigenvalue weighted by Gasteiger charge is -2.27. The van der Waals surface area contributed by atoms with Crippen molar-refractivity contribution in [1.82, 2.24) is 10.2 Å².